The molecule has 0 aromatic carbocycles. The van der Waals surface area contributed by atoms with Crippen LogP contribution in [-0.4, -0.2) is 33.4 Å². The van der Waals surface area contributed by atoms with E-state index in [1.54, 1.807) is 18.3 Å². The predicted molar refractivity (Wildman–Crippen MR) is 80.2 cm³/mol. The van der Waals surface area contributed by atoms with Gasteiger partial charge in [0.1, 0.15) is 11.4 Å². The molecule has 2 aromatic rings. The Morgan fingerprint density at radius 1 is 1.48 bits per heavy atom. The topological polar surface area (TPSA) is 69.0 Å². The van der Waals surface area contributed by atoms with Crippen molar-refractivity contribution in [3.05, 3.63) is 41.9 Å². The van der Waals surface area contributed by atoms with Gasteiger partial charge in [0.05, 0.1) is 18.8 Å². The number of aromatic nitrogens is 3. The van der Waals surface area contributed by atoms with Crippen molar-refractivity contribution in [2.24, 2.45) is 0 Å². The number of aryl methyl sites for hydroxylation is 1. The monoisotopic (exact) mass is 288 g/mol. The van der Waals surface area contributed by atoms with Crippen molar-refractivity contribution in [1.29, 1.82) is 0 Å². The average Bonchev–Trinajstić information content (AvgIpc) is 2.84. The Morgan fingerprint density at radius 3 is 2.95 bits per heavy atom. The van der Waals surface area contributed by atoms with Gasteiger partial charge in [0.25, 0.3) is 0 Å². The number of carbonyl (C=O) groups excluding carboxylic acids is 1. The largest absolute Gasteiger partial charge is 0.459 e. The highest BCUT2D eigenvalue weighted by molar-refractivity contribution is 5.94. The van der Waals surface area contributed by atoms with Crippen LogP contribution in [0.2, 0.25) is 0 Å². The van der Waals surface area contributed by atoms with Crippen LogP contribution in [0.1, 0.15) is 29.8 Å². The van der Waals surface area contributed by atoms with E-state index in [2.05, 4.69) is 15.4 Å². The van der Waals surface area contributed by atoms with Crippen molar-refractivity contribution < 1.29 is 9.53 Å². The summed E-state index contributed by atoms with van der Waals surface area (Å²) in [6, 6.07) is 3.43. The molecule has 6 heteroatoms. The fourth-order valence-electron chi connectivity index (χ4n) is 1.87. The average molecular weight is 288 g/mol. The SMILES string of the molecule is Cc1cnn(CCNc2ncccc2C(=O)OC(C)C)c1. The Kier molecular flexibility index (Phi) is 4.92. The zero-order valence-corrected chi connectivity index (χ0v) is 12.5. The lowest BCUT2D eigenvalue weighted by Gasteiger charge is -2.12. The summed E-state index contributed by atoms with van der Waals surface area (Å²) in [5, 5.41) is 7.36. The van der Waals surface area contributed by atoms with Crippen LogP contribution in [0.4, 0.5) is 5.82 Å². The van der Waals surface area contributed by atoms with Crippen LogP contribution in [0.3, 0.4) is 0 Å². The first kappa shape index (κ1) is 15.0. The van der Waals surface area contributed by atoms with Gasteiger partial charge in [-0.05, 0) is 38.5 Å². The molecule has 0 unspecified atom stereocenters. The van der Waals surface area contributed by atoms with E-state index in [0.29, 0.717) is 24.5 Å². The molecule has 112 valence electrons. The molecular weight excluding hydrogens is 268 g/mol. The number of pyridine rings is 1. The first-order valence-corrected chi connectivity index (χ1v) is 6.95. The van der Waals surface area contributed by atoms with Crippen LogP contribution < -0.4 is 5.32 Å². The molecule has 2 heterocycles. The molecule has 6 nitrogen and oxygen atoms in total. The molecular formula is C15H20N4O2. The summed E-state index contributed by atoms with van der Waals surface area (Å²) in [7, 11) is 0. The normalized spacial score (nSPS) is 10.7. The number of hydrogen-bond donors (Lipinski definition) is 1. The highest BCUT2D eigenvalue weighted by atomic mass is 16.5. The number of hydrogen-bond acceptors (Lipinski definition) is 5. The number of rotatable bonds is 6. The molecule has 2 aromatic heterocycles. The smallest absolute Gasteiger partial charge is 0.342 e. The first-order chi connectivity index (χ1) is 10.1. The third-order valence-electron chi connectivity index (χ3n) is 2.77. The molecule has 2 rings (SSSR count). The van der Waals surface area contributed by atoms with Crippen molar-refractivity contribution >= 4 is 11.8 Å². The molecule has 0 amide bonds. The lowest BCUT2D eigenvalue weighted by atomic mass is 10.2. The molecule has 0 bridgehead atoms. The van der Waals surface area contributed by atoms with E-state index in [1.807, 2.05) is 37.8 Å². The van der Waals surface area contributed by atoms with E-state index < -0.39 is 0 Å². The highest BCUT2D eigenvalue weighted by Gasteiger charge is 2.14. The van der Waals surface area contributed by atoms with Crippen LogP contribution in [0, 0.1) is 6.92 Å². The zero-order chi connectivity index (χ0) is 15.2. The molecule has 0 fully saturated rings. The number of ether oxygens (including phenoxy) is 1. The van der Waals surface area contributed by atoms with Crippen LogP contribution >= 0.6 is 0 Å². The summed E-state index contributed by atoms with van der Waals surface area (Å²) in [5.74, 6) is 0.169. The third kappa shape index (κ3) is 4.30. The zero-order valence-electron chi connectivity index (χ0n) is 12.5. The van der Waals surface area contributed by atoms with Gasteiger partial charge in [-0.2, -0.15) is 5.10 Å². The number of anilines is 1. The number of nitrogens with one attached hydrogen (secondary N) is 1. The van der Waals surface area contributed by atoms with E-state index in [1.165, 1.54) is 0 Å². The molecule has 0 aliphatic heterocycles. The van der Waals surface area contributed by atoms with Crippen molar-refractivity contribution in [2.75, 3.05) is 11.9 Å². The van der Waals surface area contributed by atoms with Gasteiger partial charge >= 0.3 is 5.97 Å². The molecule has 0 atom stereocenters. The van der Waals surface area contributed by atoms with Crippen LogP contribution in [0.25, 0.3) is 0 Å². The predicted octanol–water partition coefficient (Wildman–Crippen LogP) is 2.26. The van der Waals surface area contributed by atoms with E-state index in [9.17, 15) is 4.79 Å². The Labute approximate surface area is 124 Å². The van der Waals surface area contributed by atoms with Crippen molar-refractivity contribution in [3.63, 3.8) is 0 Å². The molecule has 0 aliphatic rings. The molecule has 1 N–H and O–H groups in total. The second kappa shape index (κ2) is 6.88. The standard InChI is InChI=1S/C15H20N4O2/c1-11(2)21-15(20)13-5-4-6-16-14(13)17-7-8-19-10-12(3)9-18-19/h4-6,9-11H,7-8H2,1-3H3,(H,16,17). The maximum absolute atomic E-state index is 12.0. The van der Waals surface area contributed by atoms with E-state index in [4.69, 9.17) is 4.74 Å². The summed E-state index contributed by atoms with van der Waals surface area (Å²) in [4.78, 5) is 16.2. The van der Waals surface area contributed by atoms with Crippen LogP contribution in [0.5, 0.6) is 0 Å². The Balaban J connectivity index is 1.98. The maximum atomic E-state index is 12.0. The molecule has 0 aliphatic carbocycles. The van der Waals surface area contributed by atoms with Gasteiger partial charge in [-0.25, -0.2) is 9.78 Å². The maximum Gasteiger partial charge on any atom is 0.342 e. The van der Waals surface area contributed by atoms with Gasteiger partial charge in [0.15, 0.2) is 0 Å². The summed E-state index contributed by atoms with van der Waals surface area (Å²) >= 11 is 0. The Hall–Kier alpha value is -2.37. The van der Waals surface area contributed by atoms with Crippen LogP contribution in [0.15, 0.2) is 30.7 Å². The summed E-state index contributed by atoms with van der Waals surface area (Å²) in [6.45, 7) is 6.96. The van der Waals surface area contributed by atoms with Crippen LogP contribution in [-0.2, 0) is 11.3 Å². The fourth-order valence-corrected chi connectivity index (χ4v) is 1.87. The quantitative estimate of drug-likeness (QED) is 0.826. The molecule has 21 heavy (non-hydrogen) atoms. The molecule has 0 radical (unpaired) electrons. The number of esters is 1. The van der Waals surface area contributed by atoms with E-state index in [0.717, 1.165) is 5.56 Å². The summed E-state index contributed by atoms with van der Waals surface area (Å²) < 4.78 is 7.05. The second-order valence-corrected chi connectivity index (χ2v) is 5.06. The number of nitrogens with zero attached hydrogens (tertiary/aromatic N) is 3. The van der Waals surface area contributed by atoms with Gasteiger partial charge in [0.2, 0.25) is 0 Å². The molecule has 0 spiro atoms. The minimum Gasteiger partial charge on any atom is -0.459 e. The third-order valence-corrected chi connectivity index (χ3v) is 2.77. The minimum atomic E-state index is -0.365. The molecule has 0 saturated heterocycles. The lowest BCUT2D eigenvalue weighted by molar-refractivity contribution is 0.0378. The van der Waals surface area contributed by atoms with E-state index >= 15 is 0 Å². The van der Waals surface area contributed by atoms with Crippen molar-refractivity contribution in [2.45, 2.75) is 33.4 Å². The minimum absolute atomic E-state index is 0.155. The fraction of sp³-hybridized carbons (Fsp3) is 0.400. The van der Waals surface area contributed by atoms with Crippen molar-refractivity contribution in [3.8, 4) is 0 Å². The Morgan fingerprint density at radius 2 is 2.29 bits per heavy atom. The lowest BCUT2D eigenvalue weighted by Crippen LogP contribution is -2.17. The summed E-state index contributed by atoms with van der Waals surface area (Å²) in [6.07, 6.45) is 5.27. The first-order valence-electron chi connectivity index (χ1n) is 6.95. The van der Waals surface area contributed by atoms with Gasteiger partial charge in [-0.3, -0.25) is 4.68 Å². The Bertz CT molecular complexity index is 607. The summed E-state index contributed by atoms with van der Waals surface area (Å²) in [5.41, 5.74) is 1.57. The van der Waals surface area contributed by atoms with Gasteiger partial charge in [0, 0.05) is 18.9 Å². The second-order valence-electron chi connectivity index (χ2n) is 5.06. The highest BCUT2D eigenvalue weighted by Crippen LogP contribution is 2.13. The van der Waals surface area contributed by atoms with E-state index in [-0.39, 0.29) is 12.1 Å². The van der Waals surface area contributed by atoms with Gasteiger partial charge < -0.3 is 10.1 Å². The number of carbonyl (C=O) groups is 1. The van der Waals surface area contributed by atoms with Crippen molar-refractivity contribution in [1.82, 2.24) is 14.8 Å². The van der Waals surface area contributed by atoms with Gasteiger partial charge in [-0.15, -0.1) is 0 Å². The molecule has 0 saturated carbocycles. The van der Waals surface area contributed by atoms with Gasteiger partial charge in [-0.1, -0.05) is 0 Å².